The third-order valence-corrected chi connectivity index (χ3v) is 3.68. The third-order valence-electron chi connectivity index (χ3n) is 3.68. The molecule has 2 aromatic carbocycles. The van der Waals surface area contributed by atoms with Gasteiger partial charge < -0.3 is 10.1 Å². The summed E-state index contributed by atoms with van der Waals surface area (Å²) in [6.07, 6.45) is 1.44. The number of aromatic nitrogens is 2. The van der Waals surface area contributed by atoms with Gasteiger partial charge in [-0.05, 0) is 24.6 Å². The molecule has 7 nitrogen and oxygen atoms in total. The van der Waals surface area contributed by atoms with Crippen molar-refractivity contribution in [3.63, 3.8) is 0 Å². The first kappa shape index (κ1) is 17.3. The monoisotopic (exact) mass is 350 g/mol. The van der Waals surface area contributed by atoms with Crippen molar-refractivity contribution in [1.82, 2.24) is 20.6 Å². The number of para-hydroxylation sites is 2. The topological polar surface area (TPSA) is 93.2 Å². The van der Waals surface area contributed by atoms with Crippen LogP contribution < -0.4 is 15.4 Å². The maximum absolute atomic E-state index is 11.9. The summed E-state index contributed by atoms with van der Waals surface area (Å²) in [6, 6.07) is 16.0. The van der Waals surface area contributed by atoms with E-state index >= 15 is 0 Å². The molecule has 3 rings (SSSR count). The first-order chi connectivity index (χ1) is 12.6. The molecule has 132 valence electrons. The summed E-state index contributed by atoms with van der Waals surface area (Å²) in [5.74, 6) is -0.352. The lowest BCUT2D eigenvalue weighted by atomic mass is 10.1. The molecule has 0 aliphatic rings. The summed E-state index contributed by atoms with van der Waals surface area (Å²) in [5, 5.41) is 4.92. The Bertz CT molecular complexity index is 915. The number of amides is 3. The second kappa shape index (κ2) is 8.06. The van der Waals surface area contributed by atoms with Crippen LogP contribution in [0.15, 0.2) is 60.8 Å². The van der Waals surface area contributed by atoms with Gasteiger partial charge in [0.05, 0.1) is 23.3 Å². The molecule has 0 saturated heterocycles. The Morgan fingerprint density at radius 1 is 1.04 bits per heavy atom. The summed E-state index contributed by atoms with van der Waals surface area (Å²) >= 11 is 0. The van der Waals surface area contributed by atoms with Crippen molar-refractivity contribution in [2.24, 2.45) is 0 Å². The highest BCUT2D eigenvalue weighted by Gasteiger charge is 2.13. The molecule has 7 heteroatoms. The standard InChI is InChI=1S/C19H18N4O3/c1-13(14-7-3-2-4-8-14)21-19(25)23-17(24)12-26-18-11-20-15-9-5-6-10-16(15)22-18/h2-11,13H,12H2,1H3,(H2,21,23,24,25). The number of rotatable bonds is 5. The maximum atomic E-state index is 11.9. The van der Waals surface area contributed by atoms with Gasteiger partial charge in [0.1, 0.15) is 0 Å². The van der Waals surface area contributed by atoms with Gasteiger partial charge in [-0.2, -0.15) is 0 Å². The molecule has 0 spiro atoms. The summed E-state index contributed by atoms with van der Waals surface area (Å²) < 4.78 is 5.30. The van der Waals surface area contributed by atoms with Gasteiger partial charge in [-0.25, -0.2) is 14.8 Å². The number of carbonyl (C=O) groups is 2. The molecular formula is C19H18N4O3. The molecule has 1 aromatic heterocycles. The van der Waals surface area contributed by atoms with Gasteiger partial charge in [-0.3, -0.25) is 10.1 Å². The molecule has 0 fully saturated rings. The van der Waals surface area contributed by atoms with Gasteiger partial charge in [-0.15, -0.1) is 0 Å². The third kappa shape index (κ3) is 4.54. The molecule has 2 N–H and O–H groups in total. The van der Waals surface area contributed by atoms with E-state index in [-0.39, 0.29) is 18.5 Å². The first-order valence-electron chi connectivity index (χ1n) is 8.12. The number of nitrogens with zero attached hydrogens (tertiary/aromatic N) is 2. The van der Waals surface area contributed by atoms with Gasteiger partial charge in [0, 0.05) is 0 Å². The van der Waals surface area contributed by atoms with Crippen LogP contribution in [0.25, 0.3) is 11.0 Å². The number of hydrogen-bond donors (Lipinski definition) is 2. The van der Waals surface area contributed by atoms with E-state index in [1.807, 2.05) is 55.5 Å². The lowest BCUT2D eigenvalue weighted by Crippen LogP contribution is -2.42. The van der Waals surface area contributed by atoms with Crippen LogP contribution in [0.4, 0.5) is 4.79 Å². The summed E-state index contributed by atoms with van der Waals surface area (Å²) in [4.78, 5) is 32.2. The quantitative estimate of drug-likeness (QED) is 0.738. The minimum atomic E-state index is -0.584. The predicted octanol–water partition coefficient (Wildman–Crippen LogP) is 2.60. The molecule has 0 radical (unpaired) electrons. The predicted molar refractivity (Wildman–Crippen MR) is 96.6 cm³/mol. The molecule has 1 atom stereocenters. The van der Waals surface area contributed by atoms with E-state index in [0.717, 1.165) is 11.1 Å². The zero-order valence-electron chi connectivity index (χ0n) is 14.2. The Morgan fingerprint density at radius 3 is 2.50 bits per heavy atom. The number of fused-ring (bicyclic) bond motifs is 1. The van der Waals surface area contributed by atoms with Crippen LogP contribution in [-0.4, -0.2) is 28.5 Å². The number of hydrogen-bond acceptors (Lipinski definition) is 5. The lowest BCUT2D eigenvalue weighted by Gasteiger charge is -2.14. The SMILES string of the molecule is CC(NC(=O)NC(=O)COc1cnc2ccccc2n1)c1ccccc1. The number of ether oxygens (including phenoxy) is 1. The fourth-order valence-electron chi connectivity index (χ4n) is 2.37. The van der Waals surface area contributed by atoms with Crippen molar-refractivity contribution >= 4 is 23.0 Å². The van der Waals surface area contributed by atoms with Crippen LogP contribution >= 0.6 is 0 Å². The average Bonchev–Trinajstić information content (AvgIpc) is 2.66. The molecule has 1 heterocycles. The van der Waals surface area contributed by atoms with Crippen molar-refractivity contribution in [3.8, 4) is 5.88 Å². The largest absolute Gasteiger partial charge is 0.466 e. The zero-order chi connectivity index (χ0) is 18.4. The van der Waals surface area contributed by atoms with Crippen LogP contribution in [0.2, 0.25) is 0 Å². The van der Waals surface area contributed by atoms with Crippen molar-refractivity contribution in [1.29, 1.82) is 0 Å². The Morgan fingerprint density at radius 2 is 1.73 bits per heavy atom. The van der Waals surface area contributed by atoms with E-state index in [2.05, 4.69) is 20.6 Å². The van der Waals surface area contributed by atoms with Gasteiger partial charge >= 0.3 is 6.03 Å². The molecule has 3 amide bonds. The van der Waals surface area contributed by atoms with Crippen LogP contribution in [0.1, 0.15) is 18.5 Å². The van der Waals surface area contributed by atoms with Gasteiger partial charge in [0.25, 0.3) is 5.91 Å². The maximum Gasteiger partial charge on any atom is 0.322 e. The highest BCUT2D eigenvalue weighted by Crippen LogP contribution is 2.13. The highest BCUT2D eigenvalue weighted by atomic mass is 16.5. The number of carbonyl (C=O) groups excluding carboxylic acids is 2. The molecule has 26 heavy (non-hydrogen) atoms. The fourth-order valence-corrected chi connectivity index (χ4v) is 2.37. The smallest absolute Gasteiger partial charge is 0.322 e. The van der Waals surface area contributed by atoms with E-state index in [9.17, 15) is 9.59 Å². The minimum Gasteiger partial charge on any atom is -0.466 e. The zero-order valence-corrected chi connectivity index (χ0v) is 14.2. The molecular weight excluding hydrogens is 332 g/mol. The second-order valence-corrected chi connectivity index (χ2v) is 5.64. The van der Waals surface area contributed by atoms with Crippen LogP contribution in [0, 0.1) is 0 Å². The van der Waals surface area contributed by atoms with Crippen LogP contribution in [0.5, 0.6) is 5.88 Å². The average molecular weight is 350 g/mol. The highest BCUT2D eigenvalue weighted by molar-refractivity contribution is 5.95. The number of benzene rings is 2. The first-order valence-corrected chi connectivity index (χ1v) is 8.12. The van der Waals surface area contributed by atoms with E-state index in [1.165, 1.54) is 6.20 Å². The van der Waals surface area contributed by atoms with Crippen molar-refractivity contribution < 1.29 is 14.3 Å². The van der Waals surface area contributed by atoms with Gasteiger partial charge in [-0.1, -0.05) is 42.5 Å². The fraction of sp³-hybridized carbons (Fsp3) is 0.158. The number of nitrogens with one attached hydrogen (secondary N) is 2. The van der Waals surface area contributed by atoms with E-state index in [4.69, 9.17) is 4.74 Å². The Kier molecular flexibility index (Phi) is 5.38. The molecule has 0 aliphatic carbocycles. The second-order valence-electron chi connectivity index (χ2n) is 5.64. The Balaban J connectivity index is 1.49. The Labute approximate surface area is 150 Å². The lowest BCUT2D eigenvalue weighted by molar-refractivity contribution is -0.122. The van der Waals surface area contributed by atoms with E-state index < -0.39 is 11.9 Å². The summed E-state index contributed by atoms with van der Waals surface area (Å²) in [5.41, 5.74) is 2.34. The van der Waals surface area contributed by atoms with E-state index in [1.54, 1.807) is 6.07 Å². The minimum absolute atomic E-state index is 0.219. The molecule has 1 unspecified atom stereocenters. The van der Waals surface area contributed by atoms with Crippen LogP contribution in [-0.2, 0) is 4.79 Å². The van der Waals surface area contributed by atoms with Crippen molar-refractivity contribution in [2.45, 2.75) is 13.0 Å². The van der Waals surface area contributed by atoms with Crippen LogP contribution in [0.3, 0.4) is 0 Å². The molecule has 3 aromatic rings. The summed E-state index contributed by atoms with van der Waals surface area (Å²) in [7, 11) is 0. The molecule has 0 aliphatic heterocycles. The molecule has 0 bridgehead atoms. The number of imide groups is 1. The summed E-state index contributed by atoms with van der Waals surface area (Å²) in [6.45, 7) is 1.50. The van der Waals surface area contributed by atoms with Crippen molar-refractivity contribution in [2.75, 3.05) is 6.61 Å². The Hall–Kier alpha value is -3.48. The van der Waals surface area contributed by atoms with E-state index in [0.29, 0.717) is 5.52 Å². The van der Waals surface area contributed by atoms with Gasteiger partial charge in [0.15, 0.2) is 6.61 Å². The number of urea groups is 1. The van der Waals surface area contributed by atoms with Crippen molar-refractivity contribution in [3.05, 3.63) is 66.4 Å². The van der Waals surface area contributed by atoms with Gasteiger partial charge in [0.2, 0.25) is 5.88 Å². The molecule has 0 saturated carbocycles. The normalized spacial score (nSPS) is 11.6.